The Labute approximate surface area is 204 Å². The molecule has 5 aliphatic rings. The summed E-state index contributed by atoms with van der Waals surface area (Å²) >= 11 is 0. The maximum Gasteiger partial charge on any atom is 0.251 e. The first-order valence-corrected chi connectivity index (χ1v) is 13.0. The van der Waals surface area contributed by atoms with Crippen molar-refractivity contribution in [2.45, 2.75) is 62.1 Å². The number of hydrogen-bond acceptors (Lipinski definition) is 5. The van der Waals surface area contributed by atoms with E-state index in [1.807, 2.05) is 30.3 Å². The Morgan fingerprint density at radius 1 is 1.20 bits per heavy atom. The minimum Gasteiger partial charge on any atom is -0.508 e. The number of nitrogens with one attached hydrogen (secondary N) is 2. The lowest BCUT2D eigenvalue weighted by molar-refractivity contribution is -0.105. The number of benzene rings is 2. The van der Waals surface area contributed by atoms with Crippen molar-refractivity contribution >= 4 is 18.0 Å². The Morgan fingerprint density at radius 2 is 2.03 bits per heavy atom. The van der Waals surface area contributed by atoms with E-state index in [-0.39, 0.29) is 29.2 Å². The molecule has 3 fully saturated rings. The van der Waals surface area contributed by atoms with Gasteiger partial charge in [0.25, 0.3) is 5.91 Å². The zero-order chi connectivity index (χ0) is 23.7. The average molecular weight is 474 g/mol. The number of carbonyl (C=O) groups excluding carboxylic acids is 2. The number of amides is 2. The summed E-state index contributed by atoms with van der Waals surface area (Å²) in [7, 11) is 0. The fraction of sp³-hybridized carbons (Fsp3) is 0.500. The second kappa shape index (κ2) is 7.72. The number of hydrogen-bond donors (Lipinski definition) is 3. The van der Waals surface area contributed by atoms with E-state index in [2.05, 4.69) is 15.5 Å². The van der Waals surface area contributed by atoms with Crippen molar-refractivity contribution in [1.29, 1.82) is 0 Å². The lowest BCUT2D eigenvalue weighted by Gasteiger charge is -2.59. The van der Waals surface area contributed by atoms with Crippen molar-refractivity contribution < 1.29 is 19.4 Å². The molecule has 7 rings (SSSR count). The van der Waals surface area contributed by atoms with Crippen LogP contribution in [0.15, 0.2) is 36.4 Å². The quantitative estimate of drug-likeness (QED) is 0.561. The Hall–Kier alpha value is -3.06. The lowest BCUT2D eigenvalue weighted by atomic mass is 9.51. The summed E-state index contributed by atoms with van der Waals surface area (Å²) in [6.07, 6.45) is 6.68. The van der Waals surface area contributed by atoms with Gasteiger partial charge in [-0.1, -0.05) is 18.2 Å². The summed E-state index contributed by atoms with van der Waals surface area (Å²) in [6.45, 7) is 2.15. The molecule has 2 heterocycles. The zero-order valence-electron chi connectivity index (χ0n) is 19.7. The number of phenolic OH excluding ortho intramolecular Hbond substituents is 1. The maximum absolute atomic E-state index is 13.1. The topological polar surface area (TPSA) is 90.9 Å². The Morgan fingerprint density at radius 3 is 2.80 bits per heavy atom. The molecule has 0 radical (unpaired) electrons. The smallest absolute Gasteiger partial charge is 0.251 e. The van der Waals surface area contributed by atoms with Crippen LogP contribution in [0.1, 0.15) is 53.6 Å². The van der Waals surface area contributed by atoms with Gasteiger partial charge in [-0.15, -0.1) is 0 Å². The van der Waals surface area contributed by atoms with E-state index in [0.29, 0.717) is 35.4 Å². The average Bonchev–Trinajstić information content (AvgIpc) is 3.62. The molecule has 0 aromatic heterocycles. The van der Waals surface area contributed by atoms with Gasteiger partial charge in [-0.05, 0) is 69.0 Å². The predicted molar refractivity (Wildman–Crippen MR) is 131 cm³/mol. The highest BCUT2D eigenvalue weighted by molar-refractivity contribution is 5.94. The predicted octanol–water partition coefficient (Wildman–Crippen LogP) is 3.21. The zero-order valence-corrected chi connectivity index (χ0v) is 19.7. The van der Waals surface area contributed by atoms with E-state index < -0.39 is 0 Å². The van der Waals surface area contributed by atoms with Gasteiger partial charge < -0.3 is 20.5 Å². The minimum absolute atomic E-state index is 0.0853. The first-order chi connectivity index (χ1) is 17.1. The summed E-state index contributed by atoms with van der Waals surface area (Å²) in [5.74, 6) is 2.06. The van der Waals surface area contributed by atoms with E-state index in [1.165, 1.54) is 12.8 Å². The van der Waals surface area contributed by atoms with Crippen LogP contribution in [0, 0.1) is 11.8 Å². The largest absolute Gasteiger partial charge is 0.508 e. The van der Waals surface area contributed by atoms with E-state index in [9.17, 15) is 14.7 Å². The van der Waals surface area contributed by atoms with Crippen LogP contribution in [0.25, 0.3) is 0 Å². The number of phenols is 1. The van der Waals surface area contributed by atoms with Gasteiger partial charge in [0.15, 0.2) is 0 Å². The number of nitrogens with zero attached hydrogens (tertiary/aromatic N) is 1. The van der Waals surface area contributed by atoms with Gasteiger partial charge in [0.1, 0.15) is 17.6 Å². The third kappa shape index (κ3) is 3.07. The summed E-state index contributed by atoms with van der Waals surface area (Å²) in [5.41, 5.74) is 2.95. The number of likely N-dealkylation sites (tertiary alicyclic amines) is 1. The summed E-state index contributed by atoms with van der Waals surface area (Å²) < 4.78 is 6.73. The van der Waals surface area contributed by atoms with Gasteiger partial charge in [0.2, 0.25) is 6.41 Å². The lowest BCUT2D eigenvalue weighted by Crippen LogP contribution is -2.69. The molecule has 3 aliphatic carbocycles. The van der Waals surface area contributed by atoms with Gasteiger partial charge in [0.05, 0.1) is 11.7 Å². The molecule has 1 spiro atoms. The van der Waals surface area contributed by atoms with Crippen molar-refractivity contribution in [3.63, 3.8) is 0 Å². The summed E-state index contributed by atoms with van der Waals surface area (Å²) in [5, 5.41) is 17.1. The van der Waals surface area contributed by atoms with Crippen LogP contribution in [0.3, 0.4) is 0 Å². The van der Waals surface area contributed by atoms with Crippen molar-refractivity contribution in [3.8, 4) is 11.5 Å². The number of piperidine rings is 1. The molecule has 35 heavy (non-hydrogen) atoms. The van der Waals surface area contributed by atoms with E-state index in [0.717, 1.165) is 55.8 Å². The normalized spacial score (nSPS) is 32.3. The van der Waals surface area contributed by atoms with E-state index in [4.69, 9.17) is 4.74 Å². The SMILES string of the molecule is O=CNc1cc(O)c2c3c1O[C@H]1[C@H](NC(=O)c4ccccc4)CC[C@H]4[C@@H](C2)N(CC2CC2)CC[C@@]341. The molecule has 7 heteroatoms. The second-order valence-corrected chi connectivity index (χ2v) is 11.1. The minimum atomic E-state index is -0.265. The molecule has 2 aliphatic heterocycles. The summed E-state index contributed by atoms with van der Waals surface area (Å²) in [6, 6.07) is 11.2. The number of rotatable bonds is 6. The van der Waals surface area contributed by atoms with Crippen LogP contribution in [0.4, 0.5) is 5.69 Å². The second-order valence-electron chi connectivity index (χ2n) is 11.1. The fourth-order valence-corrected chi connectivity index (χ4v) is 7.73. The van der Waals surface area contributed by atoms with Crippen LogP contribution in [0.2, 0.25) is 0 Å². The highest BCUT2D eigenvalue weighted by atomic mass is 16.5. The number of aromatic hydroxyl groups is 1. The number of ether oxygens (including phenoxy) is 1. The Balaban J connectivity index is 1.31. The molecule has 2 amide bonds. The third-order valence-electron chi connectivity index (χ3n) is 9.31. The first-order valence-electron chi connectivity index (χ1n) is 13.0. The fourth-order valence-electron chi connectivity index (χ4n) is 7.73. The van der Waals surface area contributed by atoms with Crippen LogP contribution < -0.4 is 15.4 Å². The van der Waals surface area contributed by atoms with E-state index in [1.54, 1.807) is 6.07 Å². The molecule has 7 nitrogen and oxygen atoms in total. The van der Waals surface area contributed by atoms with Crippen molar-refractivity contribution in [2.75, 3.05) is 18.4 Å². The molecule has 2 saturated carbocycles. The number of anilines is 1. The van der Waals surface area contributed by atoms with E-state index >= 15 is 0 Å². The molecule has 2 aromatic rings. The molecule has 0 unspecified atom stereocenters. The van der Waals surface area contributed by atoms with Gasteiger partial charge in [-0.25, -0.2) is 0 Å². The standard InChI is InChI=1S/C28H31N3O4/c32-15-29-21-13-23(33)18-12-22-19-8-9-20(30-27(34)17-4-2-1-3-5-17)26-28(19,24(18)25(21)35-26)10-11-31(22)14-16-6-7-16/h1-5,13,15-16,19-20,22,26,33H,6-12,14H2,(H,29,32)(H,30,34)/t19-,20+,22+,26-,28-/m0/s1. The first kappa shape index (κ1) is 21.2. The van der Waals surface area contributed by atoms with Crippen molar-refractivity contribution in [3.05, 3.63) is 53.1 Å². The molecule has 3 N–H and O–H groups in total. The van der Waals surface area contributed by atoms with Crippen LogP contribution in [-0.2, 0) is 16.6 Å². The Bertz CT molecular complexity index is 1200. The highest BCUT2D eigenvalue weighted by Crippen LogP contribution is 2.65. The molecular formula is C28H31N3O4. The third-order valence-corrected chi connectivity index (χ3v) is 9.31. The van der Waals surface area contributed by atoms with Gasteiger partial charge in [-0.2, -0.15) is 0 Å². The van der Waals surface area contributed by atoms with Crippen LogP contribution in [0.5, 0.6) is 11.5 Å². The molecule has 5 atom stereocenters. The van der Waals surface area contributed by atoms with Gasteiger partial charge in [0, 0.05) is 40.8 Å². The Kier molecular flexibility index (Phi) is 4.68. The maximum atomic E-state index is 13.1. The van der Waals surface area contributed by atoms with Gasteiger partial charge >= 0.3 is 0 Å². The molecule has 2 bridgehead atoms. The monoisotopic (exact) mass is 473 g/mol. The molecule has 1 saturated heterocycles. The molecule has 2 aromatic carbocycles. The summed E-state index contributed by atoms with van der Waals surface area (Å²) in [4.78, 5) is 27.2. The highest BCUT2D eigenvalue weighted by Gasteiger charge is 2.66. The molecular weight excluding hydrogens is 442 g/mol. The number of carbonyl (C=O) groups is 2. The van der Waals surface area contributed by atoms with Crippen LogP contribution >= 0.6 is 0 Å². The molecule has 182 valence electrons. The van der Waals surface area contributed by atoms with Crippen molar-refractivity contribution in [2.24, 2.45) is 11.8 Å². The van der Waals surface area contributed by atoms with Crippen LogP contribution in [-0.4, -0.2) is 53.6 Å². The van der Waals surface area contributed by atoms with Crippen molar-refractivity contribution in [1.82, 2.24) is 10.2 Å². The van der Waals surface area contributed by atoms with Gasteiger partial charge in [-0.3, -0.25) is 14.5 Å².